The minimum Gasteiger partial charge on any atom is -0.497 e. The van der Waals surface area contributed by atoms with Gasteiger partial charge in [0.25, 0.3) is 0 Å². The molecule has 0 aromatic heterocycles. The van der Waals surface area contributed by atoms with Crippen molar-refractivity contribution in [3.63, 3.8) is 0 Å². The predicted molar refractivity (Wildman–Crippen MR) is 109 cm³/mol. The SMILES string of the molecule is COC(=O)C1(C(=O)OC)O[C@H](c2ccc(OC)cc2)O[C@]12C=CC(C(C)(C)C)=CC2=O. The van der Waals surface area contributed by atoms with Crippen molar-refractivity contribution in [3.05, 3.63) is 53.6 Å². The zero-order chi connectivity index (χ0) is 23.0. The molecule has 3 rings (SSSR count). The third-order valence-corrected chi connectivity index (χ3v) is 5.45. The zero-order valence-electron chi connectivity index (χ0n) is 18.4. The fourth-order valence-electron chi connectivity index (χ4n) is 3.63. The van der Waals surface area contributed by atoms with Crippen molar-refractivity contribution in [3.8, 4) is 5.75 Å². The van der Waals surface area contributed by atoms with Gasteiger partial charge >= 0.3 is 17.5 Å². The van der Waals surface area contributed by atoms with Crippen LogP contribution < -0.4 is 4.74 Å². The number of esters is 2. The molecular weight excluding hydrogens is 404 g/mol. The second-order valence-electron chi connectivity index (χ2n) is 8.29. The third-order valence-electron chi connectivity index (χ3n) is 5.45. The molecule has 1 aromatic carbocycles. The Bertz CT molecular complexity index is 935. The van der Waals surface area contributed by atoms with E-state index in [0.717, 1.165) is 14.2 Å². The average molecular weight is 430 g/mol. The Balaban J connectivity index is 2.17. The fraction of sp³-hybridized carbons (Fsp3) is 0.435. The van der Waals surface area contributed by atoms with Crippen molar-refractivity contribution in [1.82, 2.24) is 0 Å². The standard InChI is InChI=1S/C23H26O8/c1-21(2,3)15-11-12-22(17(24)13-15)23(19(25)28-5,20(26)29-6)31-18(30-22)14-7-9-16(27-4)10-8-14/h7-13,18H,1-6H3/t18-,22+/m1/s1. The predicted octanol–water partition coefficient (Wildman–Crippen LogP) is 2.68. The molecule has 166 valence electrons. The Labute approximate surface area is 180 Å². The maximum atomic E-state index is 13.4. The number of ether oxygens (including phenoxy) is 5. The van der Waals surface area contributed by atoms with E-state index in [1.807, 2.05) is 20.8 Å². The largest absolute Gasteiger partial charge is 0.497 e. The Morgan fingerprint density at radius 3 is 2.00 bits per heavy atom. The number of ketones is 1. The minimum atomic E-state index is -2.48. The molecular formula is C23H26O8. The summed E-state index contributed by atoms with van der Waals surface area (Å²) in [4.78, 5) is 39.4. The van der Waals surface area contributed by atoms with Crippen LogP contribution in [0.2, 0.25) is 0 Å². The highest BCUT2D eigenvalue weighted by molar-refractivity contribution is 6.16. The van der Waals surface area contributed by atoms with E-state index in [1.54, 1.807) is 30.3 Å². The second kappa shape index (κ2) is 7.94. The number of carbonyl (C=O) groups is 3. The molecule has 8 heteroatoms. The van der Waals surface area contributed by atoms with Crippen LogP contribution in [0.5, 0.6) is 5.75 Å². The normalized spacial score (nSPS) is 24.6. The summed E-state index contributed by atoms with van der Waals surface area (Å²) in [5.41, 5.74) is -3.73. The number of methoxy groups -OCH3 is 3. The first kappa shape index (κ1) is 22.7. The molecule has 1 aromatic rings. The van der Waals surface area contributed by atoms with Gasteiger partial charge in [-0.1, -0.05) is 39.0 Å². The summed E-state index contributed by atoms with van der Waals surface area (Å²) in [5.74, 6) is -2.22. The van der Waals surface area contributed by atoms with Gasteiger partial charge in [-0.25, -0.2) is 9.59 Å². The van der Waals surface area contributed by atoms with Crippen LogP contribution in [0.25, 0.3) is 0 Å². The first-order valence-electron chi connectivity index (χ1n) is 9.68. The van der Waals surface area contributed by atoms with E-state index in [2.05, 4.69) is 0 Å². The van der Waals surface area contributed by atoms with Crippen LogP contribution in [-0.4, -0.2) is 50.3 Å². The maximum absolute atomic E-state index is 13.4. The van der Waals surface area contributed by atoms with Gasteiger partial charge < -0.3 is 23.7 Å². The molecule has 1 heterocycles. The average Bonchev–Trinajstić information content (AvgIpc) is 3.10. The zero-order valence-corrected chi connectivity index (χ0v) is 18.4. The van der Waals surface area contributed by atoms with Crippen LogP contribution in [0.15, 0.2) is 48.1 Å². The van der Waals surface area contributed by atoms with Gasteiger partial charge in [0.1, 0.15) is 5.75 Å². The van der Waals surface area contributed by atoms with E-state index in [-0.39, 0.29) is 5.41 Å². The van der Waals surface area contributed by atoms with E-state index in [9.17, 15) is 14.4 Å². The summed E-state index contributed by atoms with van der Waals surface area (Å²) >= 11 is 0. The maximum Gasteiger partial charge on any atom is 0.354 e. The van der Waals surface area contributed by atoms with Crippen molar-refractivity contribution in [2.75, 3.05) is 21.3 Å². The lowest BCUT2D eigenvalue weighted by Crippen LogP contribution is -2.66. The van der Waals surface area contributed by atoms with Gasteiger partial charge in [0.2, 0.25) is 5.60 Å². The van der Waals surface area contributed by atoms with Gasteiger partial charge in [0.05, 0.1) is 21.3 Å². The number of allylic oxidation sites excluding steroid dienone is 2. The van der Waals surface area contributed by atoms with E-state index < -0.39 is 35.2 Å². The summed E-state index contributed by atoms with van der Waals surface area (Å²) in [7, 11) is 3.72. The Kier molecular flexibility index (Phi) is 5.82. The summed E-state index contributed by atoms with van der Waals surface area (Å²) in [6.07, 6.45) is 3.18. The second-order valence-corrected chi connectivity index (χ2v) is 8.29. The number of rotatable bonds is 4. The minimum absolute atomic E-state index is 0.345. The van der Waals surface area contributed by atoms with Crippen molar-refractivity contribution in [2.45, 2.75) is 38.3 Å². The molecule has 1 aliphatic heterocycles. The highest BCUT2D eigenvalue weighted by Crippen LogP contribution is 2.50. The molecule has 2 aliphatic rings. The molecule has 1 aliphatic carbocycles. The van der Waals surface area contributed by atoms with Crippen LogP contribution in [0, 0.1) is 5.41 Å². The van der Waals surface area contributed by atoms with E-state index >= 15 is 0 Å². The number of carbonyl (C=O) groups excluding carboxylic acids is 3. The molecule has 8 nitrogen and oxygen atoms in total. The molecule has 1 saturated heterocycles. The van der Waals surface area contributed by atoms with E-state index in [1.165, 1.54) is 19.3 Å². The molecule has 0 N–H and O–H groups in total. The van der Waals surface area contributed by atoms with Crippen LogP contribution in [0.3, 0.4) is 0 Å². The lowest BCUT2D eigenvalue weighted by Gasteiger charge is -2.36. The summed E-state index contributed by atoms with van der Waals surface area (Å²) in [6, 6.07) is 6.63. The Morgan fingerprint density at radius 1 is 0.968 bits per heavy atom. The molecule has 1 spiro atoms. The van der Waals surface area contributed by atoms with E-state index in [0.29, 0.717) is 16.9 Å². The smallest absolute Gasteiger partial charge is 0.354 e. The lowest BCUT2D eigenvalue weighted by molar-refractivity contribution is -0.190. The van der Waals surface area contributed by atoms with Crippen LogP contribution in [0.4, 0.5) is 0 Å². The third kappa shape index (κ3) is 3.45. The monoisotopic (exact) mass is 430 g/mol. The lowest BCUT2D eigenvalue weighted by atomic mass is 9.72. The molecule has 0 saturated carbocycles. The highest BCUT2D eigenvalue weighted by Gasteiger charge is 2.74. The van der Waals surface area contributed by atoms with Gasteiger partial charge in [-0.2, -0.15) is 0 Å². The first-order chi connectivity index (χ1) is 14.6. The molecule has 31 heavy (non-hydrogen) atoms. The molecule has 0 unspecified atom stereocenters. The van der Waals surface area contributed by atoms with Crippen LogP contribution in [0.1, 0.15) is 32.6 Å². The summed E-state index contributed by atoms with van der Waals surface area (Å²) in [5, 5.41) is 0. The number of benzene rings is 1. The van der Waals surface area contributed by atoms with E-state index in [4.69, 9.17) is 23.7 Å². The van der Waals surface area contributed by atoms with Gasteiger partial charge in [0.15, 0.2) is 12.1 Å². The van der Waals surface area contributed by atoms with Gasteiger partial charge in [-0.15, -0.1) is 0 Å². The number of hydrogen-bond acceptors (Lipinski definition) is 8. The highest BCUT2D eigenvalue weighted by atomic mass is 16.8. The topological polar surface area (TPSA) is 97.4 Å². The first-order valence-corrected chi connectivity index (χ1v) is 9.68. The van der Waals surface area contributed by atoms with Crippen molar-refractivity contribution in [2.24, 2.45) is 5.41 Å². The van der Waals surface area contributed by atoms with Gasteiger partial charge in [-0.05, 0) is 35.3 Å². The van der Waals surface area contributed by atoms with Gasteiger partial charge in [-0.3, -0.25) is 4.79 Å². The fourth-order valence-corrected chi connectivity index (χ4v) is 3.63. The van der Waals surface area contributed by atoms with Crippen molar-refractivity contribution < 1.29 is 38.1 Å². The molecule has 0 radical (unpaired) electrons. The Morgan fingerprint density at radius 2 is 1.55 bits per heavy atom. The number of hydrogen-bond donors (Lipinski definition) is 0. The van der Waals surface area contributed by atoms with Crippen LogP contribution in [-0.2, 0) is 33.3 Å². The molecule has 1 fully saturated rings. The quantitative estimate of drug-likeness (QED) is 0.531. The summed E-state index contributed by atoms with van der Waals surface area (Å²) in [6.45, 7) is 5.82. The summed E-state index contributed by atoms with van der Waals surface area (Å²) < 4.78 is 26.8. The van der Waals surface area contributed by atoms with Crippen LogP contribution >= 0.6 is 0 Å². The molecule has 2 atom stereocenters. The van der Waals surface area contributed by atoms with Gasteiger partial charge in [0, 0.05) is 5.56 Å². The van der Waals surface area contributed by atoms with Crippen molar-refractivity contribution in [1.29, 1.82) is 0 Å². The van der Waals surface area contributed by atoms with Crippen molar-refractivity contribution >= 4 is 17.7 Å². The Hall–Kier alpha value is -2.97. The molecule has 0 bridgehead atoms. The molecule has 0 amide bonds.